The number of aromatic nitrogens is 1. The Balaban J connectivity index is 2.26. The molecule has 1 aromatic heterocycles. The summed E-state index contributed by atoms with van der Waals surface area (Å²) in [5, 5.41) is 0. The molecule has 3 rings (SSSR count). The van der Waals surface area contributed by atoms with Gasteiger partial charge in [-0.05, 0) is 61.1 Å². The Hall–Kier alpha value is -2.22. The first kappa shape index (κ1) is 15.7. The summed E-state index contributed by atoms with van der Waals surface area (Å²) in [6.45, 7) is 10.2. The van der Waals surface area contributed by atoms with Crippen LogP contribution in [0, 0.1) is 18.2 Å². The van der Waals surface area contributed by atoms with Gasteiger partial charge in [0, 0.05) is 11.1 Å². The lowest BCUT2D eigenvalue weighted by atomic mass is 9.82. The van der Waals surface area contributed by atoms with Gasteiger partial charge in [0.15, 0.2) is 0 Å². The van der Waals surface area contributed by atoms with Crippen LogP contribution in [0.25, 0.3) is 22.8 Å². The first-order valence-electron chi connectivity index (χ1n) is 8.03. The SMILES string of the molecule is C=Cc1ccc(-c2cc(C)ccc2F)c(C2=CCCC2(C)C)n1. The molecule has 2 aromatic rings. The molecule has 0 radical (unpaired) electrons. The number of hydrogen-bond donors (Lipinski definition) is 0. The molecule has 0 bridgehead atoms. The van der Waals surface area contributed by atoms with E-state index in [2.05, 4.69) is 26.5 Å². The van der Waals surface area contributed by atoms with Crippen molar-refractivity contribution in [3.8, 4) is 11.1 Å². The van der Waals surface area contributed by atoms with Crippen LogP contribution in [0.15, 0.2) is 43.0 Å². The first-order chi connectivity index (χ1) is 10.9. The number of aryl methyl sites for hydroxylation is 1. The van der Waals surface area contributed by atoms with E-state index in [0.717, 1.165) is 35.4 Å². The second kappa shape index (κ2) is 5.77. The summed E-state index contributed by atoms with van der Waals surface area (Å²) >= 11 is 0. The van der Waals surface area contributed by atoms with Crippen molar-refractivity contribution in [3.05, 3.63) is 65.8 Å². The molecule has 0 aliphatic heterocycles. The van der Waals surface area contributed by atoms with Crippen LogP contribution >= 0.6 is 0 Å². The van der Waals surface area contributed by atoms with Crippen LogP contribution < -0.4 is 0 Å². The molecule has 0 saturated heterocycles. The Kier molecular flexibility index (Phi) is 3.93. The quantitative estimate of drug-likeness (QED) is 0.673. The van der Waals surface area contributed by atoms with Crippen LogP contribution in [0.2, 0.25) is 0 Å². The maximum atomic E-state index is 14.4. The largest absolute Gasteiger partial charge is 0.248 e. The summed E-state index contributed by atoms with van der Waals surface area (Å²) in [5.74, 6) is -0.207. The highest BCUT2D eigenvalue weighted by Gasteiger charge is 2.31. The highest BCUT2D eigenvalue weighted by Crippen LogP contribution is 2.46. The smallest absolute Gasteiger partial charge is 0.131 e. The first-order valence-corrected chi connectivity index (χ1v) is 8.03. The number of allylic oxidation sites excluding steroid dienone is 2. The van der Waals surface area contributed by atoms with Gasteiger partial charge in [-0.2, -0.15) is 0 Å². The minimum absolute atomic E-state index is 0.0574. The average Bonchev–Trinajstić information content (AvgIpc) is 2.88. The molecule has 1 aliphatic rings. The Labute approximate surface area is 137 Å². The summed E-state index contributed by atoms with van der Waals surface area (Å²) in [6.07, 6.45) is 6.12. The Morgan fingerprint density at radius 2 is 1.96 bits per heavy atom. The minimum Gasteiger partial charge on any atom is -0.248 e. The standard InChI is InChI=1S/C21H22FN/c1-5-15-9-10-16(17-13-14(2)8-11-19(17)22)20(23-15)18-7-6-12-21(18,3)4/h5,7-11,13H,1,6,12H2,2-4H3. The normalized spacial score (nSPS) is 16.3. The van der Waals surface area contributed by atoms with Gasteiger partial charge < -0.3 is 0 Å². The van der Waals surface area contributed by atoms with Crippen molar-refractivity contribution in [2.75, 3.05) is 0 Å². The van der Waals surface area contributed by atoms with Crippen molar-refractivity contribution in [1.29, 1.82) is 0 Å². The number of rotatable bonds is 3. The van der Waals surface area contributed by atoms with Crippen LogP contribution in [0.4, 0.5) is 4.39 Å². The number of benzene rings is 1. The monoisotopic (exact) mass is 307 g/mol. The van der Waals surface area contributed by atoms with E-state index in [1.165, 1.54) is 11.6 Å². The van der Waals surface area contributed by atoms with E-state index in [4.69, 9.17) is 4.98 Å². The summed E-state index contributed by atoms with van der Waals surface area (Å²) in [6, 6.07) is 9.08. The van der Waals surface area contributed by atoms with E-state index in [1.54, 1.807) is 12.1 Å². The molecule has 0 spiro atoms. The van der Waals surface area contributed by atoms with Crippen molar-refractivity contribution in [2.24, 2.45) is 5.41 Å². The van der Waals surface area contributed by atoms with Crippen molar-refractivity contribution >= 4 is 11.6 Å². The van der Waals surface area contributed by atoms with E-state index in [-0.39, 0.29) is 11.2 Å². The molecule has 0 unspecified atom stereocenters. The highest BCUT2D eigenvalue weighted by atomic mass is 19.1. The van der Waals surface area contributed by atoms with Crippen molar-refractivity contribution < 1.29 is 4.39 Å². The molecule has 1 aliphatic carbocycles. The van der Waals surface area contributed by atoms with E-state index in [0.29, 0.717) is 5.56 Å². The maximum Gasteiger partial charge on any atom is 0.131 e. The summed E-state index contributed by atoms with van der Waals surface area (Å²) in [7, 11) is 0. The Morgan fingerprint density at radius 3 is 2.61 bits per heavy atom. The Morgan fingerprint density at radius 1 is 1.17 bits per heavy atom. The number of hydrogen-bond acceptors (Lipinski definition) is 1. The van der Waals surface area contributed by atoms with Gasteiger partial charge in [-0.15, -0.1) is 0 Å². The van der Waals surface area contributed by atoms with Crippen molar-refractivity contribution in [3.63, 3.8) is 0 Å². The van der Waals surface area contributed by atoms with Gasteiger partial charge in [-0.1, -0.05) is 38.1 Å². The van der Waals surface area contributed by atoms with E-state index in [1.807, 2.05) is 25.1 Å². The van der Waals surface area contributed by atoms with E-state index in [9.17, 15) is 4.39 Å². The molecule has 23 heavy (non-hydrogen) atoms. The fraction of sp³-hybridized carbons (Fsp3) is 0.286. The number of pyridine rings is 1. The Bertz CT molecular complexity index is 799. The molecular weight excluding hydrogens is 285 g/mol. The topological polar surface area (TPSA) is 12.9 Å². The third-order valence-corrected chi connectivity index (χ3v) is 4.64. The van der Waals surface area contributed by atoms with Crippen LogP contribution in [0.3, 0.4) is 0 Å². The van der Waals surface area contributed by atoms with Crippen LogP contribution in [-0.4, -0.2) is 4.98 Å². The molecule has 1 nitrogen and oxygen atoms in total. The zero-order valence-electron chi connectivity index (χ0n) is 14.0. The van der Waals surface area contributed by atoms with Gasteiger partial charge >= 0.3 is 0 Å². The third-order valence-electron chi connectivity index (χ3n) is 4.64. The van der Waals surface area contributed by atoms with Crippen LogP contribution in [0.1, 0.15) is 43.6 Å². The lowest BCUT2D eigenvalue weighted by Gasteiger charge is -2.24. The minimum atomic E-state index is -0.207. The van der Waals surface area contributed by atoms with Crippen molar-refractivity contribution in [2.45, 2.75) is 33.6 Å². The maximum absolute atomic E-state index is 14.4. The molecule has 0 amide bonds. The molecule has 0 N–H and O–H groups in total. The average molecular weight is 307 g/mol. The zero-order chi connectivity index (χ0) is 16.6. The molecule has 1 heterocycles. The second-order valence-corrected chi connectivity index (χ2v) is 6.86. The van der Waals surface area contributed by atoms with Gasteiger partial charge in [0.05, 0.1) is 11.4 Å². The lowest BCUT2D eigenvalue weighted by Crippen LogP contribution is -2.11. The van der Waals surface area contributed by atoms with Crippen LogP contribution in [-0.2, 0) is 0 Å². The van der Waals surface area contributed by atoms with Gasteiger partial charge in [0.25, 0.3) is 0 Å². The van der Waals surface area contributed by atoms with Gasteiger partial charge in [-0.3, -0.25) is 0 Å². The van der Waals surface area contributed by atoms with E-state index >= 15 is 0 Å². The molecule has 1 aromatic carbocycles. The molecule has 0 saturated carbocycles. The van der Waals surface area contributed by atoms with Gasteiger partial charge in [0.2, 0.25) is 0 Å². The molecule has 2 heteroatoms. The number of halogens is 1. The van der Waals surface area contributed by atoms with Crippen molar-refractivity contribution in [1.82, 2.24) is 4.98 Å². The second-order valence-electron chi connectivity index (χ2n) is 6.86. The fourth-order valence-corrected chi connectivity index (χ4v) is 3.26. The predicted molar refractivity (Wildman–Crippen MR) is 95.5 cm³/mol. The zero-order valence-corrected chi connectivity index (χ0v) is 14.0. The molecule has 0 fully saturated rings. The summed E-state index contributed by atoms with van der Waals surface area (Å²) < 4.78 is 14.4. The summed E-state index contributed by atoms with van der Waals surface area (Å²) in [5.41, 5.74) is 5.48. The molecule has 118 valence electrons. The lowest BCUT2D eigenvalue weighted by molar-refractivity contribution is 0.486. The van der Waals surface area contributed by atoms with Gasteiger partial charge in [0.1, 0.15) is 5.82 Å². The molecule has 0 atom stereocenters. The fourth-order valence-electron chi connectivity index (χ4n) is 3.26. The van der Waals surface area contributed by atoms with E-state index < -0.39 is 0 Å². The number of nitrogens with zero attached hydrogens (tertiary/aromatic N) is 1. The third kappa shape index (κ3) is 2.86. The van der Waals surface area contributed by atoms with Crippen LogP contribution in [0.5, 0.6) is 0 Å². The van der Waals surface area contributed by atoms with Gasteiger partial charge in [-0.25, -0.2) is 9.37 Å². The molecular formula is C21H22FN. The summed E-state index contributed by atoms with van der Waals surface area (Å²) in [4.78, 5) is 4.76. The highest BCUT2D eigenvalue weighted by molar-refractivity contribution is 5.83. The predicted octanol–water partition coefficient (Wildman–Crippen LogP) is 6.04.